The molecule has 2 unspecified atom stereocenters. The van der Waals surface area contributed by atoms with Gasteiger partial charge in [-0.25, -0.2) is 4.79 Å². The molecule has 16 heavy (non-hydrogen) atoms. The van der Waals surface area contributed by atoms with E-state index in [-0.39, 0.29) is 23.8 Å². The van der Waals surface area contributed by atoms with Gasteiger partial charge in [0.2, 0.25) is 5.91 Å². The van der Waals surface area contributed by atoms with Crippen LogP contribution in [0.2, 0.25) is 0 Å². The molecular weight excluding hydrogens is 208 g/mol. The lowest BCUT2D eigenvalue weighted by molar-refractivity contribution is -0.143. The first-order valence-electron chi connectivity index (χ1n) is 5.70. The lowest BCUT2D eigenvalue weighted by atomic mass is 9.98. The van der Waals surface area contributed by atoms with Crippen LogP contribution in [0.3, 0.4) is 0 Å². The standard InChI is InChI=1S/C11H20N2O3/c1-6(2)9(11(15)16)13-10(14)8-4-5-12-7(8)3/h6-9,12H,4-5H2,1-3H3,(H,13,14)(H,15,16)/t7?,8?,9-/m0/s1. The molecule has 0 aliphatic carbocycles. The van der Waals surface area contributed by atoms with E-state index in [2.05, 4.69) is 10.6 Å². The summed E-state index contributed by atoms with van der Waals surface area (Å²) < 4.78 is 0. The van der Waals surface area contributed by atoms with Gasteiger partial charge in [-0.05, 0) is 25.8 Å². The highest BCUT2D eigenvalue weighted by atomic mass is 16.4. The lowest BCUT2D eigenvalue weighted by Gasteiger charge is -2.21. The minimum Gasteiger partial charge on any atom is -0.480 e. The topological polar surface area (TPSA) is 78.4 Å². The SMILES string of the molecule is CC1NCCC1C(=O)N[C@H](C(=O)O)C(C)C. The summed E-state index contributed by atoms with van der Waals surface area (Å²) in [5.41, 5.74) is 0. The molecule has 1 heterocycles. The van der Waals surface area contributed by atoms with Crippen molar-refractivity contribution in [3.05, 3.63) is 0 Å². The zero-order chi connectivity index (χ0) is 12.3. The van der Waals surface area contributed by atoms with Crippen LogP contribution in [0.15, 0.2) is 0 Å². The molecule has 1 saturated heterocycles. The largest absolute Gasteiger partial charge is 0.480 e. The molecule has 3 atom stereocenters. The van der Waals surface area contributed by atoms with Crippen molar-refractivity contribution in [3.63, 3.8) is 0 Å². The van der Waals surface area contributed by atoms with Crippen molar-refractivity contribution in [2.45, 2.75) is 39.3 Å². The monoisotopic (exact) mass is 228 g/mol. The minimum absolute atomic E-state index is 0.105. The third-order valence-electron chi connectivity index (χ3n) is 3.09. The summed E-state index contributed by atoms with van der Waals surface area (Å²) in [6, 6.07) is -0.665. The molecular formula is C11H20N2O3. The normalized spacial score (nSPS) is 26.8. The summed E-state index contributed by atoms with van der Waals surface area (Å²) in [6.45, 7) is 6.34. The molecule has 1 aliphatic rings. The average Bonchev–Trinajstić information content (AvgIpc) is 2.59. The number of hydrogen-bond acceptors (Lipinski definition) is 3. The van der Waals surface area contributed by atoms with Crippen molar-refractivity contribution >= 4 is 11.9 Å². The van der Waals surface area contributed by atoms with Crippen molar-refractivity contribution < 1.29 is 14.7 Å². The fourth-order valence-electron chi connectivity index (χ4n) is 1.99. The van der Waals surface area contributed by atoms with Crippen LogP contribution in [0.1, 0.15) is 27.2 Å². The smallest absolute Gasteiger partial charge is 0.326 e. The molecule has 3 N–H and O–H groups in total. The van der Waals surface area contributed by atoms with Crippen molar-refractivity contribution in [3.8, 4) is 0 Å². The Morgan fingerprint density at radius 3 is 2.44 bits per heavy atom. The molecule has 1 aliphatic heterocycles. The van der Waals surface area contributed by atoms with E-state index in [1.807, 2.05) is 6.92 Å². The molecule has 5 nitrogen and oxygen atoms in total. The number of carboxylic acid groups (broad SMARTS) is 1. The van der Waals surface area contributed by atoms with Gasteiger partial charge in [-0.1, -0.05) is 13.8 Å². The first-order valence-corrected chi connectivity index (χ1v) is 5.70. The van der Waals surface area contributed by atoms with Crippen LogP contribution >= 0.6 is 0 Å². The van der Waals surface area contributed by atoms with Gasteiger partial charge in [0.05, 0.1) is 5.92 Å². The Morgan fingerprint density at radius 2 is 2.06 bits per heavy atom. The summed E-state index contributed by atoms with van der Waals surface area (Å²) >= 11 is 0. The van der Waals surface area contributed by atoms with Gasteiger partial charge < -0.3 is 15.7 Å². The van der Waals surface area contributed by atoms with Gasteiger partial charge in [0, 0.05) is 6.04 Å². The van der Waals surface area contributed by atoms with Gasteiger partial charge in [-0.3, -0.25) is 4.79 Å². The highest BCUT2D eigenvalue weighted by Crippen LogP contribution is 2.16. The van der Waals surface area contributed by atoms with Crippen molar-refractivity contribution in [2.24, 2.45) is 11.8 Å². The molecule has 0 aromatic carbocycles. The molecule has 0 bridgehead atoms. The number of rotatable bonds is 4. The van der Waals surface area contributed by atoms with E-state index >= 15 is 0 Å². The van der Waals surface area contributed by atoms with Gasteiger partial charge in [-0.15, -0.1) is 0 Å². The number of aliphatic carboxylic acids is 1. The Bertz CT molecular complexity index is 278. The molecule has 1 rings (SSSR count). The molecule has 0 spiro atoms. The van der Waals surface area contributed by atoms with E-state index < -0.39 is 12.0 Å². The number of carbonyl (C=O) groups is 2. The Kier molecular flexibility index (Phi) is 4.29. The molecule has 92 valence electrons. The van der Waals surface area contributed by atoms with E-state index in [1.54, 1.807) is 13.8 Å². The number of hydrogen-bond donors (Lipinski definition) is 3. The van der Waals surface area contributed by atoms with E-state index in [1.165, 1.54) is 0 Å². The predicted octanol–water partition coefficient (Wildman–Crippen LogP) is 0.210. The number of nitrogens with one attached hydrogen (secondary N) is 2. The molecule has 0 saturated carbocycles. The second-order valence-electron chi connectivity index (χ2n) is 4.71. The molecule has 0 aromatic rings. The summed E-state index contributed by atoms with van der Waals surface area (Å²) in [6.07, 6.45) is 0.775. The minimum atomic E-state index is -0.970. The van der Waals surface area contributed by atoms with E-state index in [9.17, 15) is 9.59 Å². The zero-order valence-electron chi connectivity index (χ0n) is 9.99. The summed E-state index contributed by atoms with van der Waals surface area (Å²) in [4.78, 5) is 22.8. The van der Waals surface area contributed by atoms with Crippen LogP contribution in [0.5, 0.6) is 0 Å². The molecule has 0 aromatic heterocycles. The average molecular weight is 228 g/mol. The first-order chi connectivity index (χ1) is 7.43. The molecule has 1 fully saturated rings. The molecule has 1 amide bonds. The first kappa shape index (κ1) is 13.0. The Hall–Kier alpha value is -1.10. The quantitative estimate of drug-likeness (QED) is 0.642. The summed E-state index contributed by atoms with van der Waals surface area (Å²) in [7, 11) is 0. The zero-order valence-corrected chi connectivity index (χ0v) is 9.99. The predicted molar refractivity (Wildman–Crippen MR) is 60.0 cm³/mol. The molecule has 0 radical (unpaired) electrons. The van der Waals surface area contributed by atoms with Gasteiger partial charge in [0.15, 0.2) is 0 Å². The maximum atomic E-state index is 11.9. The lowest BCUT2D eigenvalue weighted by Crippen LogP contribution is -2.48. The second kappa shape index (κ2) is 5.30. The molecule has 5 heteroatoms. The van der Waals surface area contributed by atoms with Crippen molar-refractivity contribution in [1.29, 1.82) is 0 Å². The highest BCUT2D eigenvalue weighted by molar-refractivity contribution is 5.85. The van der Waals surface area contributed by atoms with Gasteiger partial charge >= 0.3 is 5.97 Å². The summed E-state index contributed by atoms with van der Waals surface area (Å²) in [5, 5.41) is 14.8. The Morgan fingerprint density at radius 1 is 1.44 bits per heavy atom. The third-order valence-corrected chi connectivity index (χ3v) is 3.09. The van der Waals surface area contributed by atoms with Crippen LogP contribution in [-0.2, 0) is 9.59 Å². The number of carboxylic acids is 1. The van der Waals surface area contributed by atoms with Crippen molar-refractivity contribution in [1.82, 2.24) is 10.6 Å². The summed E-state index contributed by atoms with van der Waals surface area (Å²) in [5.74, 6) is -1.34. The van der Waals surface area contributed by atoms with Gasteiger partial charge in [0.1, 0.15) is 6.04 Å². The third kappa shape index (κ3) is 2.95. The van der Waals surface area contributed by atoms with Gasteiger partial charge in [-0.2, -0.15) is 0 Å². The van der Waals surface area contributed by atoms with Crippen LogP contribution < -0.4 is 10.6 Å². The van der Waals surface area contributed by atoms with Crippen LogP contribution in [0.4, 0.5) is 0 Å². The Labute approximate surface area is 95.6 Å². The van der Waals surface area contributed by atoms with Gasteiger partial charge in [0.25, 0.3) is 0 Å². The second-order valence-corrected chi connectivity index (χ2v) is 4.71. The number of amides is 1. The van der Waals surface area contributed by atoms with E-state index in [0.717, 1.165) is 13.0 Å². The maximum Gasteiger partial charge on any atom is 0.326 e. The maximum absolute atomic E-state index is 11.9. The highest BCUT2D eigenvalue weighted by Gasteiger charge is 2.32. The fourth-order valence-corrected chi connectivity index (χ4v) is 1.99. The van der Waals surface area contributed by atoms with Crippen molar-refractivity contribution in [2.75, 3.05) is 6.54 Å². The number of carbonyl (C=O) groups excluding carboxylic acids is 1. The van der Waals surface area contributed by atoms with E-state index in [4.69, 9.17) is 5.11 Å². The fraction of sp³-hybridized carbons (Fsp3) is 0.818. The van der Waals surface area contributed by atoms with Crippen LogP contribution in [-0.4, -0.2) is 35.6 Å². The Balaban J connectivity index is 2.58. The van der Waals surface area contributed by atoms with E-state index in [0.29, 0.717) is 0 Å². The van der Waals surface area contributed by atoms with Crippen LogP contribution in [0, 0.1) is 11.8 Å². The van der Waals surface area contributed by atoms with Crippen LogP contribution in [0.25, 0.3) is 0 Å².